The van der Waals surface area contributed by atoms with Crippen LogP contribution in [0.3, 0.4) is 0 Å². The highest BCUT2D eigenvalue weighted by Crippen LogP contribution is 2.39. The Bertz CT molecular complexity index is 730. The van der Waals surface area contributed by atoms with Crippen molar-refractivity contribution in [3.63, 3.8) is 0 Å². The maximum absolute atomic E-state index is 9.79. The van der Waals surface area contributed by atoms with Crippen LogP contribution >= 0.6 is 22.6 Å². The van der Waals surface area contributed by atoms with Crippen molar-refractivity contribution in [1.29, 1.82) is 0 Å². The van der Waals surface area contributed by atoms with Crippen molar-refractivity contribution in [2.45, 2.75) is 0 Å². The topological polar surface area (TPSA) is 57.2 Å². The minimum absolute atomic E-state index is 0.117. The fourth-order valence-corrected chi connectivity index (χ4v) is 2.86. The van der Waals surface area contributed by atoms with Crippen molar-refractivity contribution in [3.05, 3.63) is 39.0 Å². The van der Waals surface area contributed by atoms with Gasteiger partial charge in [0.25, 0.3) is 0 Å². The third-order valence-electron chi connectivity index (χ3n) is 3.44. The second-order valence-corrected chi connectivity index (χ2v) is 6.00. The van der Waals surface area contributed by atoms with Crippen LogP contribution in [0.15, 0.2) is 24.3 Å². The van der Waals surface area contributed by atoms with Crippen LogP contribution in [0.4, 0.5) is 0 Å². The molecule has 2 aromatic rings. The van der Waals surface area contributed by atoms with Crippen molar-refractivity contribution in [2.75, 3.05) is 28.4 Å². The monoisotopic (exact) mass is 442 g/mol. The summed E-state index contributed by atoms with van der Waals surface area (Å²) in [5.41, 5.74) is 1.83. The largest absolute Gasteiger partial charge is 0.504 e. The van der Waals surface area contributed by atoms with E-state index in [2.05, 4.69) is 22.6 Å². The molecule has 6 heteroatoms. The molecule has 0 heterocycles. The second kappa shape index (κ2) is 8.14. The number of halogens is 1. The van der Waals surface area contributed by atoms with E-state index in [1.54, 1.807) is 33.5 Å². The maximum atomic E-state index is 9.79. The van der Waals surface area contributed by atoms with Crippen LogP contribution in [0.25, 0.3) is 12.2 Å². The van der Waals surface area contributed by atoms with Crippen molar-refractivity contribution in [2.24, 2.45) is 0 Å². The lowest BCUT2D eigenvalue weighted by molar-refractivity contribution is 0.324. The minimum Gasteiger partial charge on any atom is -0.504 e. The quantitative estimate of drug-likeness (QED) is 0.537. The molecule has 0 atom stereocenters. The number of hydrogen-bond donors (Lipinski definition) is 1. The van der Waals surface area contributed by atoms with Gasteiger partial charge in [0.2, 0.25) is 5.75 Å². The molecule has 0 aliphatic rings. The summed E-state index contributed by atoms with van der Waals surface area (Å²) in [6, 6.07) is 7.17. The van der Waals surface area contributed by atoms with Crippen LogP contribution in [-0.2, 0) is 0 Å². The molecule has 0 unspecified atom stereocenters. The number of hydrogen-bond acceptors (Lipinski definition) is 5. The van der Waals surface area contributed by atoms with Gasteiger partial charge in [0.1, 0.15) is 0 Å². The molecule has 0 aromatic heterocycles. The molecule has 1 N–H and O–H groups in total. The SMILES string of the molecule is COc1cc(/C=C/c2cc(OC)c(OC)c(OC)c2)c(I)cc1O. The molecule has 5 nitrogen and oxygen atoms in total. The first-order valence-corrected chi connectivity index (χ1v) is 8.16. The molecule has 0 saturated carbocycles. The smallest absolute Gasteiger partial charge is 0.203 e. The highest BCUT2D eigenvalue weighted by atomic mass is 127. The number of rotatable bonds is 6. The number of aromatic hydroxyl groups is 1. The van der Waals surface area contributed by atoms with E-state index >= 15 is 0 Å². The van der Waals surface area contributed by atoms with Gasteiger partial charge in [-0.05, 0) is 58.0 Å². The van der Waals surface area contributed by atoms with Crippen LogP contribution in [0, 0.1) is 3.57 Å². The summed E-state index contributed by atoms with van der Waals surface area (Å²) in [5, 5.41) is 9.79. The van der Waals surface area contributed by atoms with Gasteiger partial charge in [-0.3, -0.25) is 0 Å². The fourth-order valence-electron chi connectivity index (χ4n) is 2.23. The van der Waals surface area contributed by atoms with Gasteiger partial charge in [-0.1, -0.05) is 12.2 Å². The van der Waals surface area contributed by atoms with Gasteiger partial charge in [-0.2, -0.15) is 0 Å². The van der Waals surface area contributed by atoms with Crippen LogP contribution in [0.1, 0.15) is 11.1 Å². The summed E-state index contributed by atoms with van der Waals surface area (Å²) < 4.78 is 22.1. The lowest BCUT2D eigenvalue weighted by atomic mass is 10.1. The van der Waals surface area contributed by atoms with E-state index < -0.39 is 0 Å². The zero-order valence-corrected chi connectivity index (χ0v) is 16.1. The minimum atomic E-state index is 0.117. The van der Waals surface area contributed by atoms with Gasteiger partial charge in [0, 0.05) is 3.57 Å². The standard InChI is InChI=1S/C18H19IO5/c1-21-15-9-12(13(19)10-14(15)20)6-5-11-7-16(22-2)18(24-4)17(8-11)23-3/h5-10,20H,1-4H3/b6-5+. The van der Waals surface area contributed by atoms with Crippen LogP contribution < -0.4 is 18.9 Å². The Labute approximate surface area is 154 Å². The Balaban J connectivity index is 2.42. The molecule has 0 amide bonds. The molecular weight excluding hydrogens is 423 g/mol. The number of methoxy groups -OCH3 is 4. The first-order valence-electron chi connectivity index (χ1n) is 7.08. The van der Waals surface area contributed by atoms with Gasteiger partial charge >= 0.3 is 0 Å². The lowest BCUT2D eigenvalue weighted by Gasteiger charge is -2.13. The Morgan fingerprint density at radius 1 is 0.792 bits per heavy atom. The summed E-state index contributed by atoms with van der Waals surface area (Å²) in [7, 11) is 6.26. The average molecular weight is 442 g/mol. The lowest BCUT2D eigenvalue weighted by Crippen LogP contribution is -1.95. The normalized spacial score (nSPS) is 10.7. The van der Waals surface area contributed by atoms with E-state index in [4.69, 9.17) is 18.9 Å². The van der Waals surface area contributed by atoms with Gasteiger partial charge in [-0.15, -0.1) is 0 Å². The summed E-state index contributed by atoms with van der Waals surface area (Å²) in [5.74, 6) is 2.29. The Hall–Kier alpha value is -2.09. The molecule has 0 saturated heterocycles. The Morgan fingerprint density at radius 3 is 1.88 bits per heavy atom. The Morgan fingerprint density at radius 2 is 1.38 bits per heavy atom. The van der Waals surface area contributed by atoms with E-state index in [1.165, 1.54) is 7.11 Å². The summed E-state index contributed by atoms with van der Waals surface area (Å²) >= 11 is 2.16. The first-order chi connectivity index (χ1) is 11.5. The molecule has 0 bridgehead atoms. The van der Waals surface area contributed by atoms with Crippen LogP contribution in [-0.4, -0.2) is 33.5 Å². The number of phenols is 1. The first kappa shape index (κ1) is 18.3. The number of ether oxygens (including phenoxy) is 4. The van der Waals surface area contributed by atoms with E-state index in [0.717, 1.165) is 14.7 Å². The van der Waals surface area contributed by atoms with E-state index in [0.29, 0.717) is 23.0 Å². The number of phenolic OH excluding ortho intramolecular Hbond substituents is 1. The van der Waals surface area contributed by atoms with E-state index in [9.17, 15) is 5.11 Å². The predicted octanol–water partition coefficient (Wildman–Crippen LogP) is 4.20. The van der Waals surface area contributed by atoms with E-state index in [-0.39, 0.29) is 5.75 Å². The molecule has 0 fully saturated rings. The van der Waals surface area contributed by atoms with Gasteiger partial charge in [0.15, 0.2) is 23.0 Å². The molecule has 0 spiro atoms. The molecule has 128 valence electrons. The highest BCUT2D eigenvalue weighted by Gasteiger charge is 2.12. The van der Waals surface area contributed by atoms with Gasteiger partial charge in [-0.25, -0.2) is 0 Å². The zero-order chi connectivity index (χ0) is 17.7. The van der Waals surface area contributed by atoms with Crippen molar-refractivity contribution in [3.8, 4) is 28.7 Å². The highest BCUT2D eigenvalue weighted by molar-refractivity contribution is 14.1. The van der Waals surface area contributed by atoms with Crippen molar-refractivity contribution < 1.29 is 24.1 Å². The zero-order valence-electron chi connectivity index (χ0n) is 13.9. The average Bonchev–Trinajstić information content (AvgIpc) is 2.59. The van der Waals surface area contributed by atoms with E-state index in [1.807, 2.05) is 24.3 Å². The molecular formula is C18H19IO5. The predicted molar refractivity (Wildman–Crippen MR) is 102 cm³/mol. The molecule has 24 heavy (non-hydrogen) atoms. The van der Waals surface area contributed by atoms with Gasteiger partial charge < -0.3 is 24.1 Å². The molecule has 0 radical (unpaired) electrons. The maximum Gasteiger partial charge on any atom is 0.203 e. The van der Waals surface area contributed by atoms with Crippen LogP contribution in [0.5, 0.6) is 28.7 Å². The second-order valence-electron chi connectivity index (χ2n) is 4.84. The summed E-state index contributed by atoms with van der Waals surface area (Å²) in [6.45, 7) is 0. The summed E-state index contributed by atoms with van der Waals surface area (Å²) in [4.78, 5) is 0. The van der Waals surface area contributed by atoms with Crippen molar-refractivity contribution in [1.82, 2.24) is 0 Å². The van der Waals surface area contributed by atoms with Crippen LogP contribution in [0.2, 0.25) is 0 Å². The molecule has 0 aliphatic carbocycles. The van der Waals surface area contributed by atoms with Gasteiger partial charge in [0.05, 0.1) is 28.4 Å². The fraction of sp³-hybridized carbons (Fsp3) is 0.222. The summed E-state index contributed by atoms with van der Waals surface area (Å²) in [6.07, 6.45) is 3.86. The van der Waals surface area contributed by atoms with Crippen molar-refractivity contribution >= 4 is 34.7 Å². The number of benzene rings is 2. The third-order valence-corrected chi connectivity index (χ3v) is 4.37. The molecule has 0 aliphatic heterocycles. The third kappa shape index (κ3) is 3.87. The molecule has 2 aromatic carbocycles. The molecule has 2 rings (SSSR count). The Kier molecular flexibility index (Phi) is 6.19.